The predicted molar refractivity (Wildman–Crippen MR) is 63.8 cm³/mol. The first-order chi connectivity index (χ1) is 8.28. The second kappa shape index (κ2) is 3.97. The molecule has 0 bridgehead atoms. The Balaban J connectivity index is 1.89. The summed E-state index contributed by atoms with van der Waals surface area (Å²) in [5, 5.41) is 13.7. The van der Waals surface area contributed by atoms with Gasteiger partial charge in [-0.25, -0.2) is 9.50 Å². The summed E-state index contributed by atoms with van der Waals surface area (Å²) in [7, 11) is 0. The quantitative estimate of drug-likeness (QED) is 0.730. The van der Waals surface area contributed by atoms with Gasteiger partial charge in [0.05, 0.1) is 0 Å². The van der Waals surface area contributed by atoms with Crippen LogP contribution in [-0.4, -0.2) is 45.4 Å². The normalized spacial score (nSPS) is 24.7. The molecule has 1 fully saturated rings. The maximum atomic E-state index is 9.20. The number of hydrogen-bond donors (Lipinski definition) is 2. The molecule has 1 aliphatic heterocycles. The Morgan fingerprint density at radius 2 is 2.29 bits per heavy atom. The number of aliphatic hydroxyl groups is 1. The summed E-state index contributed by atoms with van der Waals surface area (Å²) in [5.41, 5.74) is 6.79. The second-order valence-corrected chi connectivity index (χ2v) is 4.43. The Bertz CT molecular complexity index is 525. The van der Waals surface area contributed by atoms with Crippen LogP contribution in [0.15, 0.2) is 24.5 Å². The fourth-order valence-corrected chi connectivity index (χ4v) is 2.25. The number of aliphatic hydroxyl groups excluding tert-OH is 1. The first-order valence-corrected chi connectivity index (χ1v) is 5.69. The van der Waals surface area contributed by atoms with Crippen molar-refractivity contribution in [3.63, 3.8) is 0 Å². The summed E-state index contributed by atoms with van der Waals surface area (Å²) in [6.07, 6.45) is 3.54. The van der Waals surface area contributed by atoms with E-state index in [1.54, 1.807) is 10.7 Å². The second-order valence-electron chi connectivity index (χ2n) is 4.43. The molecule has 6 heteroatoms. The molecule has 6 nitrogen and oxygen atoms in total. The first-order valence-electron chi connectivity index (χ1n) is 5.69. The fraction of sp³-hybridized carbons (Fsp3) is 0.455. The van der Waals surface area contributed by atoms with Gasteiger partial charge in [-0.3, -0.25) is 0 Å². The van der Waals surface area contributed by atoms with E-state index in [0.29, 0.717) is 0 Å². The molecule has 3 heterocycles. The first kappa shape index (κ1) is 10.5. The molecule has 1 saturated heterocycles. The van der Waals surface area contributed by atoms with Gasteiger partial charge in [-0.1, -0.05) is 0 Å². The third-order valence-electron chi connectivity index (χ3n) is 3.29. The Morgan fingerprint density at radius 1 is 1.41 bits per heavy atom. The molecule has 0 spiro atoms. The summed E-state index contributed by atoms with van der Waals surface area (Å²) < 4.78 is 1.74. The zero-order valence-corrected chi connectivity index (χ0v) is 9.40. The minimum atomic E-state index is 0.0142. The molecule has 1 aliphatic rings. The van der Waals surface area contributed by atoms with E-state index in [-0.39, 0.29) is 18.6 Å². The Kier molecular flexibility index (Phi) is 2.45. The smallest absolute Gasteiger partial charge is 0.153 e. The number of hydrogen-bond acceptors (Lipinski definition) is 5. The molecule has 0 saturated carbocycles. The van der Waals surface area contributed by atoms with Gasteiger partial charge < -0.3 is 15.7 Å². The van der Waals surface area contributed by atoms with Gasteiger partial charge in [0, 0.05) is 44.0 Å². The number of rotatable bonds is 2. The van der Waals surface area contributed by atoms with E-state index in [0.717, 1.165) is 24.6 Å². The van der Waals surface area contributed by atoms with Crippen LogP contribution in [0.3, 0.4) is 0 Å². The maximum absolute atomic E-state index is 9.20. The van der Waals surface area contributed by atoms with Gasteiger partial charge in [0.1, 0.15) is 5.82 Å². The van der Waals surface area contributed by atoms with Crippen LogP contribution in [0.4, 0.5) is 5.82 Å². The molecule has 3 rings (SSSR count). The van der Waals surface area contributed by atoms with Crippen LogP contribution in [0.2, 0.25) is 0 Å². The van der Waals surface area contributed by atoms with Crippen molar-refractivity contribution in [2.75, 3.05) is 24.6 Å². The van der Waals surface area contributed by atoms with Gasteiger partial charge in [0.15, 0.2) is 5.65 Å². The molecule has 17 heavy (non-hydrogen) atoms. The van der Waals surface area contributed by atoms with Crippen molar-refractivity contribution < 1.29 is 5.11 Å². The summed E-state index contributed by atoms with van der Waals surface area (Å²) in [5.74, 6) is 1.01. The molecule has 2 aromatic heterocycles. The topological polar surface area (TPSA) is 79.7 Å². The largest absolute Gasteiger partial charge is 0.396 e. The van der Waals surface area contributed by atoms with E-state index < -0.39 is 0 Å². The van der Waals surface area contributed by atoms with Gasteiger partial charge >= 0.3 is 0 Å². The summed E-state index contributed by atoms with van der Waals surface area (Å²) in [4.78, 5) is 6.25. The van der Waals surface area contributed by atoms with Crippen LogP contribution in [0.5, 0.6) is 0 Å². The predicted octanol–water partition coefficient (Wildman–Crippen LogP) is -0.515. The van der Waals surface area contributed by atoms with E-state index in [4.69, 9.17) is 5.73 Å². The molecule has 0 radical (unpaired) electrons. The zero-order chi connectivity index (χ0) is 11.8. The van der Waals surface area contributed by atoms with Crippen LogP contribution < -0.4 is 10.6 Å². The number of imidazole rings is 1. The number of aromatic nitrogens is 3. The molecule has 2 aromatic rings. The summed E-state index contributed by atoms with van der Waals surface area (Å²) in [6, 6.07) is 3.88. The van der Waals surface area contributed by atoms with Gasteiger partial charge in [-0.15, -0.1) is 5.10 Å². The monoisotopic (exact) mass is 233 g/mol. The van der Waals surface area contributed by atoms with Crippen LogP contribution in [0, 0.1) is 5.92 Å². The lowest BCUT2D eigenvalue weighted by atomic mass is 10.1. The molecule has 2 unspecified atom stereocenters. The van der Waals surface area contributed by atoms with Crippen molar-refractivity contribution in [3.05, 3.63) is 24.5 Å². The third-order valence-corrected chi connectivity index (χ3v) is 3.29. The van der Waals surface area contributed by atoms with Crippen molar-refractivity contribution in [1.82, 2.24) is 14.6 Å². The number of anilines is 1. The molecule has 0 amide bonds. The number of fused-ring (bicyclic) bond motifs is 1. The molecular formula is C11H15N5O. The molecule has 2 atom stereocenters. The van der Waals surface area contributed by atoms with Crippen molar-refractivity contribution in [2.45, 2.75) is 6.04 Å². The summed E-state index contributed by atoms with van der Waals surface area (Å²) >= 11 is 0. The lowest BCUT2D eigenvalue weighted by Gasteiger charge is -2.16. The minimum Gasteiger partial charge on any atom is -0.396 e. The van der Waals surface area contributed by atoms with Crippen molar-refractivity contribution in [2.24, 2.45) is 11.7 Å². The van der Waals surface area contributed by atoms with Crippen LogP contribution in [0.1, 0.15) is 0 Å². The standard InChI is InChI=1S/C11H15N5O/c12-9-6-15(5-8(9)7-17)11-2-1-10-13-3-4-16(10)14-11/h1-4,8-9,17H,5-7,12H2. The molecule has 0 aliphatic carbocycles. The lowest BCUT2D eigenvalue weighted by Crippen LogP contribution is -2.31. The minimum absolute atomic E-state index is 0.0142. The maximum Gasteiger partial charge on any atom is 0.153 e. The Hall–Kier alpha value is -1.66. The highest BCUT2D eigenvalue weighted by atomic mass is 16.3. The number of nitrogens with zero attached hydrogens (tertiary/aromatic N) is 4. The van der Waals surface area contributed by atoms with Crippen LogP contribution >= 0.6 is 0 Å². The highest BCUT2D eigenvalue weighted by Gasteiger charge is 2.30. The highest BCUT2D eigenvalue weighted by Crippen LogP contribution is 2.21. The van der Waals surface area contributed by atoms with Gasteiger partial charge in [-0.2, -0.15) is 0 Å². The third kappa shape index (κ3) is 1.75. The molecular weight excluding hydrogens is 218 g/mol. The molecule has 3 N–H and O–H groups in total. The van der Waals surface area contributed by atoms with Gasteiger partial charge in [0.2, 0.25) is 0 Å². The number of nitrogens with two attached hydrogens (primary N) is 1. The van der Waals surface area contributed by atoms with Crippen LogP contribution in [-0.2, 0) is 0 Å². The van der Waals surface area contributed by atoms with Gasteiger partial charge in [-0.05, 0) is 12.1 Å². The van der Waals surface area contributed by atoms with Gasteiger partial charge in [0.25, 0.3) is 0 Å². The SMILES string of the molecule is NC1CN(c2ccc3nccn3n2)CC1CO. The average molecular weight is 233 g/mol. The van der Waals surface area contributed by atoms with Crippen molar-refractivity contribution in [1.29, 1.82) is 0 Å². The Labute approximate surface area is 98.7 Å². The lowest BCUT2D eigenvalue weighted by molar-refractivity contribution is 0.228. The summed E-state index contributed by atoms with van der Waals surface area (Å²) in [6.45, 7) is 1.62. The van der Waals surface area contributed by atoms with Crippen molar-refractivity contribution in [3.8, 4) is 0 Å². The van der Waals surface area contributed by atoms with E-state index in [9.17, 15) is 5.11 Å². The fourth-order valence-electron chi connectivity index (χ4n) is 2.25. The highest BCUT2D eigenvalue weighted by molar-refractivity contribution is 5.46. The van der Waals surface area contributed by atoms with E-state index >= 15 is 0 Å². The van der Waals surface area contributed by atoms with Crippen LogP contribution in [0.25, 0.3) is 5.65 Å². The Morgan fingerprint density at radius 3 is 3.06 bits per heavy atom. The van der Waals surface area contributed by atoms with E-state index in [1.165, 1.54) is 0 Å². The average Bonchev–Trinajstić information content (AvgIpc) is 2.93. The van der Waals surface area contributed by atoms with E-state index in [1.807, 2.05) is 18.3 Å². The molecule has 90 valence electrons. The van der Waals surface area contributed by atoms with E-state index in [2.05, 4.69) is 15.0 Å². The van der Waals surface area contributed by atoms with Crippen molar-refractivity contribution >= 4 is 11.5 Å². The zero-order valence-electron chi connectivity index (χ0n) is 9.40. The molecule has 0 aromatic carbocycles.